The first-order valence-electron chi connectivity index (χ1n) is 6.41. The van der Waals surface area contributed by atoms with E-state index in [2.05, 4.69) is 44.1 Å². The minimum Gasteiger partial charge on any atom is -0.313 e. The molecule has 2 heteroatoms. The Labute approximate surface area is 105 Å². The lowest BCUT2D eigenvalue weighted by Crippen LogP contribution is -2.23. The molecule has 0 fully saturated rings. The molecule has 0 spiro atoms. The molecule has 17 heavy (non-hydrogen) atoms. The number of hydrogen-bond donors (Lipinski definition) is 1. The lowest BCUT2D eigenvalue weighted by molar-refractivity contribution is 0.558. The molecule has 94 valence electrons. The molecule has 1 aromatic heterocycles. The molecule has 1 aromatic rings. The predicted octanol–water partition coefficient (Wildman–Crippen LogP) is 3.37. The Balaban J connectivity index is 2.63. The zero-order valence-electron chi connectivity index (χ0n) is 11.4. The summed E-state index contributed by atoms with van der Waals surface area (Å²) in [6.07, 6.45) is 4.03. The number of pyridine rings is 1. The van der Waals surface area contributed by atoms with Crippen molar-refractivity contribution >= 4 is 6.08 Å². The van der Waals surface area contributed by atoms with Crippen LogP contribution in [-0.2, 0) is 0 Å². The van der Waals surface area contributed by atoms with Crippen molar-refractivity contribution in [2.75, 3.05) is 13.1 Å². The summed E-state index contributed by atoms with van der Waals surface area (Å²) in [5.41, 5.74) is 2.45. The molecule has 0 amide bonds. The molecule has 0 atom stereocenters. The van der Waals surface area contributed by atoms with E-state index in [-0.39, 0.29) is 0 Å². The number of hydrogen-bond acceptors (Lipinski definition) is 2. The highest BCUT2D eigenvalue weighted by molar-refractivity contribution is 5.49. The normalized spacial score (nSPS) is 12.5. The molecule has 0 aliphatic carbocycles. The molecule has 0 unspecified atom stereocenters. The van der Waals surface area contributed by atoms with Crippen LogP contribution in [-0.4, -0.2) is 18.1 Å². The quantitative estimate of drug-likeness (QED) is 0.813. The van der Waals surface area contributed by atoms with Crippen molar-refractivity contribution in [3.05, 3.63) is 35.7 Å². The summed E-state index contributed by atoms with van der Waals surface area (Å²) in [6.45, 7) is 10.9. The Hall–Kier alpha value is -1.15. The third-order valence-electron chi connectivity index (χ3n) is 2.64. The van der Waals surface area contributed by atoms with Gasteiger partial charge in [-0.3, -0.25) is 4.98 Å². The molecule has 0 bridgehead atoms. The van der Waals surface area contributed by atoms with E-state index in [0.29, 0.717) is 11.8 Å². The van der Waals surface area contributed by atoms with Gasteiger partial charge in [0.15, 0.2) is 0 Å². The summed E-state index contributed by atoms with van der Waals surface area (Å²) in [6, 6.07) is 6.02. The Kier molecular flexibility index (Phi) is 5.92. The number of nitrogens with one attached hydrogen (secondary N) is 1. The second kappa shape index (κ2) is 7.23. The van der Waals surface area contributed by atoms with Crippen LogP contribution in [0.4, 0.5) is 0 Å². The van der Waals surface area contributed by atoms with Crippen LogP contribution in [0.3, 0.4) is 0 Å². The number of rotatable bonds is 6. The molecule has 0 saturated heterocycles. The molecule has 0 radical (unpaired) electrons. The van der Waals surface area contributed by atoms with Crippen LogP contribution in [0.1, 0.15) is 33.4 Å². The minimum atomic E-state index is 0.552. The van der Waals surface area contributed by atoms with Gasteiger partial charge in [0, 0.05) is 12.7 Å². The van der Waals surface area contributed by atoms with Gasteiger partial charge in [-0.05, 0) is 36.6 Å². The Morgan fingerprint density at radius 1 is 1.29 bits per heavy atom. The summed E-state index contributed by atoms with van der Waals surface area (Å²) in [4.78, 5) is 4.34. The Morgan fingerprint density at radius 3 is 2.59 bits per heavy atom. The van der Waals surface area contributed by atoms with Gasteiger partial charge in [-0.25, -0.2) is 0 Å². The van der Waals surface area contributed by atoms with Crippen molar-refractivity contribution in [1.29, 1.82) is 0 Å². The van der Waals surface area contributed by atoms with Gasteiger partial charge in [0.05, 0.1) is 5.69 Å². The molecular formula is C15H24N2. The first kappa shape index (κ1) is 13.9. The monoisotopic (exact) mass is 232 g/mol. The predicted molar refractivity (Wildman–Crippen MR) is 74.8 cm³/mol. The van der Waals surface area contributed by atoms with Gasteiger partial charge in [-0.2, -0.15) is 0 Å². The van der Waals surface area contributed by atoms with Gasteiger partial charge in [-0.1, -0.05) is 39.3 Å². The van der Waals surface area contributed by atoms with Crippen LogP contribution in [0, 0.1) is 11.8 Å². The summed E-state index contributed by atoms with van der Waals surface area (Å²) >= 11 is 0. The summed E-state index contributed by atoms with van der Waals surface area (Å²) in [5.74, 6) is 1.25. The van der Waals surface area contributed by atoms with Crippen LogP contribution in [0.5, 0.6) is 0 Å². The van der Waals surface area contributed by atoms with Crippen LogP contribution in [0.2, 0.25) is 0 Å². The topological polar surface area (TPSA) is 24.9 Å². The van der Waals surface area contributed by atoms with Gasteiger partial charge in [0.2, 0.25) is 0 Å². The lowest BCUT2D eigenvalue weighted by Gasteiger charge is -2.14. The molecular weight excluding hydrogens is 208 g/mol. The molecule has 0 saturated carbocycles. The molecule has 1 heterocycles. The highest BCUT2D eigenvalue weighted by Gasteiger charge is 2.04. The van der Waals surface area contributed by atoms with Crippen LogP contribution < -0.4 is 5.32 Å². The van der Waals surface area contributed by atoms with Gasteiger partial charge in [0.25, 0.3) is 0 Å². The van der Waals surface area contributed by atoms with E-state index in [1.165, 1.54) is 5.57 Å². The van der Waals surface area contributed by atoms with E-state index in [1.54, 1.807) is 0 Å². The van der Waals surface area contributed by atoms with Crippen LogP contribution in [0.25, 0.3) is 6.08 Å². The van der Waals surface area contributed by atoms with E-state index in [9.17, 15) is 0 Å². The summed E-state index contributed by atoms with van der Waals surface area (Å²) in [7, 11) is 0. The molecule has 2 nitrogen and oxygen atoms in total. The highest BCUT2D eigenvalue weighted by atomic mass is 14.9. The van der Waals surface area contributed by atoms with Crippen molar-refractivity contribution < 1.29 is 0 Å². The number of aromatic nitrogens is 1. The van der Waals surface area contributed by atoms with E-state index in [1.807, 2.05) is 24.4 Å². The average molecular weight is 232 g/mol. The zero-order chi connectivity index (χ0) is 12.7. The fourth-order valence-corrected chi connectivity index (χ4v) is 1.58. The highest BCUT2D eigenvalue weighted by Crippen LogP contribution is 2.12. The van der Waals surface area contributed by atoms with Crippen LogP contribution in [0.15, 0.2) is 30.0 Å². The third kappa shape index (κ3) is 5.64. The van der Waals surface area contributed by atoms with E-state index in [4.69, 9.17) is 0 Å². The second-order valence-corrected chi connectivity index (χ2v) is 5.15. The van der Waals surface area contributed by atoms with E-state index < -0.39 is 0 Å². The summed E-state index contributed by atoms with van der Waals surface area (Å²) in [5, 5.41) is 3.49. The molecule has 1 N–H and O–H groups in total. The van der Waals surface area contributed by atoms with Gasteiger partial charge >= 0.3 is 0 Å². The third-order valence-corrected chi connectivity index (χ3v) is 2.64. The zero-order valence-corrected chi connectivity index (χ0v) is 11.4. The van der Waals surface area contributed by atoms with E-state index in [0.717, 1.165) is 18.8 Å². The van der Waals surface area contributed by atoms with Crippen molar-refractivity contribution in [2.24, 2.45) is 11.8 Å². The van der Waals surface area contributed by atoms with Crippen molar-refractivity contribution in [1.82, 2.24) is 10.3 Å². The standard InChI is InChI=1S/C15H24N2/c1-12(2)10-16-11-14(13(3)4)9-15-7-5-6-8-17-15/h5-9,12-13,16H,10-11H2,1-4H3. The van der Waals surface area contributed by atoms with Gasteiger partial charge < -0.3 is 5.32 Å². The fourth-order valence-electron chi connectivity index (χ4n) is 1.58. The molecule has 0 aliphatic heterocycles. The van der Waals surface area contributed by atoms with Gasteiger partial charge in [-0.15, -0.1) is 0 Å². The SMILES string of the molecule is CC(C)CNCC(=Cc1ccccn1)C(C)C. The largest absolute Gasteiger partial charge is 0.313 e. The Bertz CT molecular complexity index is 339. The Morgan fingerprint density at radius 2 is 2.06 bits per heavy atom. The van der Waals surface area contributed by atoms with E-state index >= 15 is 0 Å². The first-order chi connectivity index (χ1) is 8.09. The van der Waals surface area contributed by atoms with Crippen LogP contribution >= 0.6 is 0 Å². The average Bonchev–Trinajstić information content (AvgIpc) is 2.28. The smallest absolute Gasteiger partial charge is 0.0629 e. The van der Waals surface area contributed by atoms with Gasteiger partial charge in [0.1, 0.15) is 0 Å². The molecule has 1 rings (SSSR count). The summed E-state index contributed by atoms with van der Waals surface area (Å²) < 4.78 is 0. The fraction of sp³-hybridized carbons (Fsp3) is 0.533. The minimum absolute atomic E-state index is 0.552. The maximum atomic E-state index is 4.34. The second-order valence-electron chi connectivity index (χ2n) is 5.15. The van der Waals surface area contributed by atoms with Crippen molar-refractivity contribution in [3.8, 4) is 0 Å². The number of nitrogens with zero attached hydrogens (tertiary/aromatic N) is 1. The van der Waals surface area contributed by atoms with Crippen molar-refractivity contribution in [2.45, 2.75) is 27.7 Å². The maximum absolute atomic E-state index is 4.34. The molecule has 0 aliphatic rings. The first-order valence-corrected chi connectivity index (χ1v) is 6.41. The lowest BCUT2D eigenvalue weighted by atomic mass is 10.0. The van der Waals surface area contributed by atoms with Crippen molar-refractivity contribution in [3.63, 3.8) is 0 Å². The molecule has 0 aromatic carbocycles. The maximum Gasteiger partial charge on any atom is 0.0629 e.